The molecule has 0 saturated carbocycles. The van der Waals surface area contributed by atoms with Gasteiger partial charge in [-0.2, -0.15) is 0 Å². The molecule has 1 aliphatic carbocycles. The molecule has 0 aliphatic heterocycles. The molecule has 0 radical (unpaired) electrons. The number of aliphatic hydroxyl groups is 2. The standard InChI is InChI=1S/C7H10O2/c1-7(2)4-3-5(8)6(7)9/h3-4,8-9H,1-2H3. The van der Waals surface area contributed by atoms with Crippen LogP contribution in [0.2, 0.25) is 0 Å². The van der Waals surface area contributed by atoms with E-state index < -0.39 is 0 Å². The molecule has 0 fully saturated rings. The molecule has 0 saturated heterocycles. The maximum atomic E-state index is 9.09. The molecule has 0 atom stereocenters. The fourth-order valence-electron chi connectivity index (χ4n) is 0.775. The van der Waals surface area contributed by atoms with E-state index in [0.29, 0.717) is 0 Å². The SMILES string of the molecule is CC1(C)C=CC(O)=C1O. The summed E-state index contributed by atoms with van der Waals surface area (Å²) >= 11 is 0. The summed E-state index contributed by atoms with van der Waals surface area (Å²) in [5, 5.41) is 18.0. The maximum absolute atomic E-state index is 9.09. The zero-order valence-electron chi connectivity index (χ0n) is 5.55. The highest BCUT2D eigenvalue weighted by atomic mass is 16.3. The number of hydrogen-bond acceptors (Lipinski definition) is 2. The molecule has 0 unspecified atom stereocenters. The summed E-state index contributed by atoms with van der Waals surface area (Å²) in [5.41, 5.74) is -0.371. The Morgan fingerprint density at radius 3 is 2.00 bits per heavy atom. The monoisotopic (exact) mass is 126 g/mol. The summed E-state index contributed by atoms with van der Waals surface area (Å²) in [5.74, 6) is 0.0440. The largest absolute Gasteiger partial charge is 0.508 e. The van der Waals surface area contributed by atoms with Crippen LogP contribution in [0.4, 0.5) is 0 Å². The molecule has 1 rings (SSSR count). The number of rotatable bonds is 0. The first-order valence-electron chi connectivity index (χ1n) is 2.86. The zero-order chi connectivity index (χ0) is 7.07. The first-order valence-corrected chi connectivity index (χ1v) is 2.86. The van der Waals surface area contributed by atoms with E-state index in [-0.39, 0.29) is 16.9 Å². The van der Waals surface area contributed by atoms with Crippen molar-refractivity contribution in [2.75, 3.05) is 0 Å². The molecule has 0 bridgehead atoms. The van der Waals surface area contributed by atoms with E-state index >= 15 is 0 Å². The van der Waals surface area contributed by atoms with Crippen molar-refractivity contribution in [1.82, 2.24) is 0 Å². The molecule has 2 heteroatoms. The van der Waals surface area contributed by atoms with Gasteiger partial charge in [0.15, 0.2) is 5.76 Å². The van der Waals surface area contributed by atoms with Gasteiger partial charge in [-0.1, -0.05) is 6.08 Å². The molecular formula is C7H10O2. The summed E-state index contributed by atoms with van der Waals surface area (Å²) in [6, 6.07) is 0. The van der Waals surface area contributed by atoms with Crippen molar-refractivity contribution < 1.29 is 10.2 Å². The lowest BCUT2D eigenvalue weighted by Crippen LogP contribution is -2.08. The lowest BCUT2D eigenvalue weighted by molar-refractivity contribution is 0.273. The minimum atomic E-state index is -0.371. The van der Waals surface area contributed by atoms with Crippen LogP contribution in [-0.4, -0.2) is 10.2 Å². The fraction of sp³-hybridized carbons (Fsp3) is 0.429. The first kappa shape index (κ1) is 6.20. The van der Waals surface area contributed by atoms with E-state index in [2.05, 4.69) is 0 Å². The van der Waals surface area contributed by atoms with E-state index in [1.54, 1.807) is 6.08 Å². The molecule has 9 heavy (non-hydrogen) atoms. The number of hydrogen-bond donors (Lipinski definition) is 2. The second-order valence-electron chi connectivity index (χ2n) is 2.79. The van der Waals surface area contributed by atoms with Crippen LogP contribution in [0.1, 0.15) is 13.8 Å². The molecule has 50 valence electrons. The third-order valence-electron chi connectivity index (χ3n) is 1.51. The molecule has 0 heterocycles. The molecule has 2 nitrogen and oxygen atoms in total. The Hall–Kier alpha value is -0.920. The summed E-state index contributed by atoms with van der Waals surface area (Å²) in [6.45, 7) is 3.67. The highest BCUT2D eigenvalue weighted by molar-refractivity contribution is 5.31. The molecule has 1 aliphatic rings. The summed E-state index contributed by atoms with van der Waals surface area (Å²) < 4.78 is 0. The lowest BCUT2D eigenvalue weighted by atomic mass is 9.94. The van der Waals surface area contributed by atoms with Gasteiger partial charge in [-0.15, -0.1) is 0 Å². The van der Waals surface area contributed by atoms with Crippen LogP contribution < -0.4 is 0 Å². The Balaban J connectivity index is 3.01. The maximum Gasteiger partial charge on any atom is 0.153 e. The van der Waals surface area contributed by atoms with E-state index in [1.807, 2.05) is 13.8 Å². The quantitative estimate of drug-likeness (QED) is 0.520. The third-order valence-corrected chi connectivity index (χ3v) is 1.51. The van der Waals surface area contributed by atoms with Crippen molar-refractivity contribution in [2.24, 2.45) is 5.41 Å². The predicted molar refractivity (Wildman–Crippen MR) is 35.2 cm³/mol. The molecule has 0 amide bonds. The van der Waals surface area contributed by atoms with Crippen molar-refractivity contribution in [3.63, 3.8) is 0 Å². The third kappa shape index (κ3) is 0.803. The van der Waals surface area contributed by atoms with Crippen molar-refractivity contribution in [1.29, 1.82) is 0 Å². The number of allylic oxidation sites excluding steroid dienone is 2. The second-order valence-corrected chi connectivity index (χ2v) is 2.79. The van der Waals surface area contributed by atoms with Gasteiger partial charge in [0.05, 0.1) is 0 Å². The van der Waals surface area contributed by atoms with E-state index in [4.69, 9.17) is 10.2 Å². The molecule has 0 aromatic heterocycles. The van der Waals surface area contributed by atoms with Crippen LogP contribution in [0.5, 0.6) is 0 Å². The second kappa shape index (κ2) is 1.53. The van der Waals surface area contributed by atoms with Crippen LogP contribution >= 0.6 is 0 Å². The van der Waals surface area contributed by atoms with Gasteiger partial charge >= 0.3 is 0 Å². The normalized spacial score (nSPS) is 23.3. The van der Waals surface area contributed by atoms with Gasteiger partial charge in [-0.05, 0) is 19.9 Å². The smallest absolute Gasteiger partial charge is 0.153 e. The average Bonchev–Trinajstić information content (AvgIpc) is 1.97. The van der Waals surface area contributed by atoms with Gasteiger partial charge in [0.1, 0.15) is 5.76 Å². The zero-order valence-corrected chi connectivity index (χ0v) is 5.55. The Morgan fingerprint density at radius 2 is 1.89 bits per heavy atom. The molecule has 2 N–H and O–H groups in total. The van der Waals surface area contributed by atoms with Crippen LogP contribution in [-0.2, 0) is 0 Å². The molecule has 0 spiro atoms. The highest BCUT2D eigenvalue weighted by Crippen LogP contribution is 2.33. The van der Waals surface area contributed by atoms with Gasteiger partial charge in [0, 0.05) is 5.41 Å². The van der Waals surface area contributed by atoms with E-state index in [0.717, 1.165) is 0 Å². The predicted octanol–water partition coefficient (Wildman–Crippen LogP) is 1.91. The number of aliphatic hydroxyl groups excluding tert-OH is 2. The fourth-order valence-corrected chi connectivity index (χ4v) is 0.775. The summed E-state index contributed by atoms with van der Waals surface area (Å²) in [4.78, 5) is 0. The Labute approximate surface area is 54.1 Å². The van der Waals surface area contributed by atoms with Crippen LogP contribution in [0.25, 0.3) is 0 Å². The van der Waals surface area contributed by atoms with Crippen molar-refractivity contribution in [3.8, 4) is 0 Å². The van der Waals surface area contributed by atoms with Crippen molar-refractivity contribution in [2.45, 2.75) is 13.8 Å². The summed E-state index contributed by atoms with van der Waals surface area (Å²) in [6.07, 6.45) is 3.27. The van der Waals surface area contributed by atoms with Gasteiger partial charge in [-0.3, -0.25) is 0 Å². The van der Waals surface area contributed by atoms with Gasteiger partial charge in [-0.25, -0.2) is 0 Å². The van der Waals surface area contributed by atoms with Crippen LogP contribution in [0.3, 0.4) is 0 Å². The van der Waals surface area contributed by atoms with Crippen LogP contribution in [0, 0.1) is 5.41 Å². The molecule has 0 aromatic carbocycles. The molecule has 0 aromatic rings. The van der Waals surface area contributed by atoms with Crippen molar-refractivity contribution in [3.05, 3.63) is 23.7 Å². The van der Waals surface area contributed by atoms with Gasteiger partial charge in [0.25, 0.3) is 0 Å². The first-order chi connectivity index (χ1) is 4.04. The van der Waals surface area contributed by atoms with Crippen molar-refractivity contribution >= 4 is 0 Å². The minimum Gasteiger partial charge on any atom is -0.508 e. The lowest BCUT2D eigenvalue weighted by Gasteiger charge is -2.13. The Morgan fingerprint density at radius 1 is 1.33 bits per heavy atom. The highest BCUT2D eigenvalue weighted by Gasteiger charge is 2.27. The van der Waals surface area contributed by atoms with Gasteiger partial charge < -0.3 is 10.2 Å². The topological polar surface area (TPSA) is 40.5 Å². The van der Waals surface area contributed by atoms with E-state index in [1.165, 1.54) is 6.08 Å². The Bertz CT molecular complexity index is 187. The minimum absolute atomic E-state index is 0.0139. The Kier molecular flexibility index (Phi) is 1.05. The average molecular weight is 126 g/mol. The van der Waals surface area contributed by atoms with Crippen LogP contribution in [0.15, 0.2) is 23.7 Å². The van der Waals surface area contributed by atoms with E-state index in [9.17, 15) is 0 Å². The molecular weight excluding hydrogens is 116 g/mol. The van der Waals surface area contributed by atoms with Gasteiger partial charge in [0.2, 0.25) is 0 Å². The summed E-state index contributed by atoms with van der Waals surface area (Å²) in [7, 11) is 0.